The van der Waals surface area contributed by atoms with Crippen LogP contribution in [0, 0.1) is 0 Å². The Kier molecular flexibility index (Phi) is 7.80. The van der Waals surface area contributed by atoms with Crippen LogP contribution in [0.4, 0.5) is 5.82 Å². The zero-order valence-electron chi connectivity index (χ0n) is 12.9. The van der Waals surface area contributed by atoms with Gasteiger partial charge in [-0.2, -0.15) is 0 Å². The highest BCUT2D eigenvalue weighted by molar-refractivity contribution is 7.59. The number of rotatable bonds is 9. The molecular formula is C14H21N2O5P. The van der Waals surface area contributed by atoms with Crippen molar-refractivity contribution in [1.29, 1.82) is 0 Å². The Morgan fingerprint density at radius 2 is 1.91 bits per heavy atom. The fraction of sp³-hybridized carbons (Fsp3) is 0.429. The molecular weight excluding hydrogens is 307 g/mol. The average Bonchev–Trinajstić information content (AvgIpc) is 2.49. The second-order valence-corrected chi connectivity index (χ2v) is 5.94. The van der Waals surface area contributed by atoms with Crippen LogP contribution in [0.15, 0.2) is 35.9 Å². The quantitative estimate of drug-likeness (QED) is 0.423. The molecule has 0 aliphatic carbocycles. The molecule has 0 unspecified atom stereocenters. The topological polar surface area (TPSA) is 86.8 Å². The van der Waals surface area contributed by atoms with Crippen LogP contribution in [0.1, 0.15) is 20.8 Å². The van der Waals surface area contributed by atoms with Crippen LogP contribution >= 0.6 is 7.60 Å². The molecule has 0 spiro atoms. The first-order valence-electron chi connectivity index (χ1n) is 7.01. The predicted octanol–water partition coefficient (Wildman–Crippen LogP) is 3.16. The summed E-state index contributed by atoms with van der Waals surface area (Å²) in [7, 11) is -3.76. The first-order chi connectivity index (χ1) is 10.6. The third-order valence-corrected chi connectivity index (χ3v) is 4.50. The van der Waals surface area contributed by atoms with Crippen LogP contribution < -0.4 is 5.32 Å². The highest BCUT2D eigenvalue weighted by Crippen LogP contribution is 2.56. The number of pyridine rings is 1. The molecule has 1 N–H and O–H groups in total. The van der Waals surface area contributed by atoms with E-state index in [1.54, 1.807) is 45.2 Å². The van der Waals surface area contributed by atoms with E-state index in [9.17, 15) is 9.36 Å². The maximum atomic E-state index is 12.8. The molecule has 22 heavy (non-hydrogen) atoms. The molecule has 0 aliphatic heterocycles. The summed E-state index contributed by atoms with van der Waals surface area (Å²) in [5.41, 5.74) is 0. The highest BCUT2D eigenvalue weighted by atomic mass is 31.2. The lowest BCUT2D eigenvalue weighted by molar-refractivity contribution is -0.137. The lowest BCUT2D eigenvalue weighted by atomic mass is 10.4. The monoisotopic (exact) mass is 328 g/mol. The van der Waals surface area contributed by atoms with Gasteiger partial charge >= 0.3 is 13.6 Å². The summed E-state index contributed by atoms with van der Waals surface area (Å²) >= 11 is 0. The molecule has 1 heterocycles. The van der Waals surface area contributed by atoms with Crippen molar-refractivity contribution < 1.29 is 23.1 Å². The van der Waals surface area contributed by atoms with Crippen LogP contribution in [0.3, 0.4) is 0 Å². The standard InChI is InChI=1S/C14H21N2O5P/c1-4-19-14(17)12(22(18,20-5-2)21-6-3)11-16-13-9-7-8-10-15-13/h7-11H,4-6H2,1-3H3,(H,15,16)/b12-11-. The van der Waals surface area contributed by atoms with Gasteiger partial charge in [0.1, 0.15) is 5.82 Å². The summed E-state index contributed by atoms with van der Waals surface area (Å²) in [5.74, 6) is -0.264. The summed E-state index contributed by atoms with van der Waals surface area (Å²) in [6, 6.07) is 5.23. The minimum Gasteiger partial charge on any atom is -0.462 e. The molecule has 0 aromatic carbocycles. The van der Waals surface area contributed by atoms with E-state index >= 15 is 0 Å². The van der Waals surface area contributed by atoms with Crippen LogP contribution in [0.25, 0.3) is 0 Å². The van der Waals surface area contributed by atoms with E-state index in [0.717, 1.165) is 0 Å². The zero-order valence-corrected chi connectivity index (χ0v) is 13.8. The number of hydrogen-bond donors (Lipinski definition) is 1. The van der Waals surface area contributed by atoms with Crippen molar-refractivity contribution in [3.63, 3.8) is 0 Å². The minimum absolute atomic E-state index is 0.137. The van der Waals surface area contributed by atoms with Crippen molar-refractivity contribution in [2.24, 2.45) is 0 Å². The van der Waals surface area contributed by atoms with Crippen LogP contribution in [-0.2, 0) is 23.1 Å². The second kappa shape index (κ2) is 9.35. The summed E-state index contributed by atoms with van der Waals surface area (Å²) in [5, 5.41) is 2.61. The van der Waals surface area contributed by atoms with Gasteiger partial charge in [-0.3, -0.25) is 4.57 Å². The van der Waals surface area contributed by atoms with Crippen molar-refractivity contribution in [2.45, 2.75) is 20.8 Å². The lowest BCUT2D eigenvalue weighted by Crippen LogP contribution is -2.13. The molecule has 7 nitrogen and oxygen atoms in total. The van der Waals surface area contributed by atoms with Crippen molar-refractivity contribution in [1.82, 2.24) is 4.98 Å². The number of carbonyl (C=O) groups is 1. The smallest absolute Gasteiger partial charge is 0.370 e. The Hall–Kier alpha value is -1.69. The molecule has 0 saturated carbocycles. The molecule has 1 rings (SSSR count). The summed E-state index contributed by atoms with van der Waals surface area (Å²) in [6.07, 6.45) is 2.84. The molecule has 0 radical (unpaired) electrons. The van der Waals surface area contributed by atoms with E-state index in [2.05, 4.69) is 10.3 Å². The van der Waals surface area contributed by atoms with Crippen LogP contribution in [0.2, 0.25) is 0 Å². The van der Waals surface area contributed by atoms with E-state index in [1.807, 2.05) is 0 Å². The third kappa shape index (κ3) is 5.26. The molecule has 8 heteroatoms. The first-order valence-corrected chi connectivity index (χ1v) is 8.56. The van der Waals surface area contributed by atoms with E-state index in [0.29, 0.717) is 5.82 Å². The Morgan fingerprint density at radius 1 is 1.23 bits per heavy atom. The maximum absolute atomic E-state index is 12.8. The predicted molar refractivity (Wildman–Crippen MR) is 83.4 cm³/mol. The number of aromatic nitrogens is 1. The third-order valence-electron chi connectivity index (χ3n) is 2.40. The molecule has 0 aliphatic rings. The van der Waals surface area contributed by atoms with Crippen molar-refractivity contribution in [3.05, 3.63) is 35.9 Å². The summed E-state index contributed by atoms with van der Waals surface area (Å²) in [4.78, 5) is 16.1. The van der Waals surface area contributed by atoms with Crippen molar-refractivity contribution in [2.75, 3.05) is 25.1 Å². The van der Waals surface area contributed by atoms with E-state index in [4.69, 9.17) is 13.8 Å². The molecule has 1 aromatic rings. The van der Waals surface area contributed by atoms with Crippen LogP contribution in [-0.4, -0.2) is 30.8 Å². The largest absolute Gasteiger partial charge is 0.462 e. The van der Waals surface area contributed by atoms with Gasteiger partial charge < -0.3 is 19.1 Å². The van der Waals surface area contributed by atoms with E-state index < -0.39 is 13.6 Å². The number of ether oxygens (including phenoxy) is 1. The number of esters is 1. The number of nitrogens with one attached hydrogen (secondary N) is 1. The van der Waals surface area contributed by atoms with Gasteiger partial charge in [-0.05, 0) is 32.9 Å². The zero-order chi connectivity index (χ0) is 16.4. The Morgan fingerprint density at radius 3 is 2.41 bits per heavy atom. The second-order valence-electron chi connectivity index (χ2n) is 3.94. The maximum Gasteiger partial charge on any atom is 0.370 e. The van der Waals surface area contributed by atoms with Gasteiger partial charge in [-0.25, -0.2) is 9.78 Å². The Bertz CT molecular complexity index is 537. The van der Waals surface area contributed by atoms with Gasteiger partial charge in [0.15, 0.2) is 5.31 Å². The van der Waals surface area contributed by atoms with Crippen molar-refractivity contribution in [3.8, 4) is 0 Å². The Balaban J connectivity index is 3.10. The van der Waals surface area contributed by atoms with Gasteiger partial charge in [0.25, 0.3) is 0 Å². The van der Waals surface area contributed by atoms with E-state index in [-0.39, 0.29) is 25.1 Å². The fourth-order valence-electron chi connectivity index (χ4n) is 1.56. The molecule has 0 fully saturated rings. The summed E-state index contributed by atoms with van der Waals surface area (Å²) in [6.45, 7) is 5.42. The molecule has 0 amide bonds. The molecule has 1 aromatic heterocycles. The minimum atomic E-state index is -3.76. The van der Waals surface area contributed by atoms with Gasteiger partial charge in [-0.15, -0.1) is 0 Å². The highest BCUT2D eigenvalue weighted by Gasteiger charge is 2.36. The van der Waals surface area contributed by atoms with Crippen molar-refractivity contribution >= 4 is 19.4 Å². The number of carbonyl (C=O) groups excluding carboxylic acids is 1. The van der Waals surface area contributed by atoms with E-state index in [1.165, 1.54) is 6.20 Å². The van der Waals surface area contributed by atoms with Gasteiger partial charge in [0.2, 0.25) is 0 Å². The van der Waals surface area contributed by atoms with Gasteiger partial charge in [-0.1, -0.05) is 6.07 Å². The van der Waals surface area contributed by atoms with Gasteiger partial charge in [0.05, 0.1) is 19.8 Å². The number of anilines is 1. The Labute approximate surface area is 130 Å². The molecule has 0 bridgehead atoms. The first kappa shape index (κ1) is 18.4. The molecule has 0 saturated heterocycles. The number of nitrogens with zero attached hydrogens (tertiary/aromatic N) is 1. The molecule has 0 atom stereocenters. The fourth-order valence-corrected chi connectivity index (χ4v) is 3.10. The molecule has 122 valence electrons. The SMILES string of the molecule is CCOC(=O)/C(=C/Nc1ccccn1)P(=O)(OCC)OCC. The lowest BCUT2D eigenvalue weighted by Gasteiger charge is -2.19. The average molecular weight is 328 g/mol. The normalized spacial score (nSPS) is 12.0. The van der Waals surface area contributed by atoms with Gasteiger partial charge in [0, 0.05) is 12.4 Å². The van der Waals surface area contributed by atoms with Crippen LogP contribution in [0.5, 0.6) is 0 Å². The summed E-state index contributed by atoms with van der Waals surface area (Å²) < 4.78 is 28.1. The number of hydrogen-bond acceptors (Lipinski definition) is 7.